The van der Waals surface area contributed by atoms with Gasteiger partial charge in [-0.1, -0.05) is 30.3 Å². The van der Waals surface area contributed by atoms with E-state index < -0.39 is 15.6 Å². The van der Waals surface area contributed by atoms with E-state index in [1.165, 1.54) is 6.20 Å². The van der Waals surface area contributed by atoms with Crippen LogP contribution >= 0.6 is 0 Å². The van der Waals surface area contributed by atoms with Crippen LogP contribution in [0.4, 0.5) is 0 Å². The van der Waals surface area contributed by atoms with E-state index in [9.17, 15) is 13.2 Å². The second-order valence-electron chi connectivity index (χ2n) is 5.15. The lowest BCUT2D eigenvalue weighted by molar-refractivity contribution is 0.575. The zero-order chi connectivity index (χ0) is 15.9. The van der Waals surface area contributed by atoms with Crippen LogP contribution in [0.5, 0.6) is 0 Å². The van der Waals surface area contributed by atoms with Crippen molar-refractivity contribution in [2.45, 2.75) is 18.7 Å². The maximum Gasteiger partial charge on any atom is 0.289 e. The first-order chi connectivity index (χ1) is 10.4. The van der Waals surface area contributed by atoms with E-state index in [0.717, 1.165) is 5.56 Å². The molecule has 2 aromatic carbocycles. The fraction of sp³-hybridized carbons (Fsp3) is 0.125. The van der Waals surface area contributed by atoms with Gasteiger partial charge >= 0.3 is 0 Å². The number of rotatable bonds is 2. The van der Waals surface area contributed by atoms with Crippen molar-refractivity contribution in [2.24, 2.45) is 0 Å². The molecular weight excluding hydrogens is 300 g/mol. The molecule has 0 atom stereocenters. The van der Waals surface area contributed by atoms with Gasteiger partial charge in [0.15, 0.2) is 0 Å². The Bertz CT molecular complexity index is 1040. The number of aryl methyl sites for hydroxylation is 2. The molecule has 3 aromatic rings. The summed E-state index contributed by atoms with van der Waals surface area (Å²) in [4.78, 5) is 12.6. The molecule has 0 bridgehead atoms. The Morgan fingerprint density at radius 3 is 2.55 bits per heavy atom. The molecule has 0 aliphatic carbocycles. The third-order valence-electron chi connectivity index (χ3n) is 3.52. The monoisotopic (exact) mass is 314 g/mol. The van der Waals surface area contributed by atoms with Crippen LogP contribution < -0.4 is 5.56 Å². The van der Waals surface area contributed by atoms with Gasteiger partial charge in [0.25, 0.3) is 15.6 Å². The van der Waals surface area contributed by atoms with E-state index in [1.54, 1.807) is 50.2 Å². The topological polar surface area (TPSA) is 69.0 Å². The van der Waals surface area contributed by atoms with E-state index in [4.69, 9.17) is 0 Å². The summed E-state index contributed by atoms with van der Waals surface area (Å²) in [5.74, 6) is 0. The number of aromatic nitrogens is 2. The minimum atomic E-state index is -4.02. The Hall–Kier alpha value is -2.47. The molecule has 0 radical (unpaired) electrons. The van der Waals surface area contributed by atoms with Crippen molar-refractivity contribution in [3.05, 3.63) is 70.1 Å². The summed E-state index contributed by atoms with van der Waals surface area (Å²) in [6.07, 6.45) is 1.39. The first-order valence-corrected chi connectivity index (χ1v) is 8.15. The molecule has 0 N–H and O–H groups in total. The predicted octanol–water partition coefficient (Wildman–Crippen LogP) is 2.25. The summed E-state index contributed by atoms with van der Waals surface area (Å²) in [5, 5.41) is 4.78. The zero-order valence-corrected chi connectivity index (χ0v) is 13.0. The molecule has 0 amide bonds. The molecule has 0 aliphatic rings. The van der Waals surface area contributed by atoms with Gasteiger partial charge in [-0.3, -0.25) is 4.79 Å². The zero-order valence-electron chi connectivity index (χ0n) is 12.1. The smallest absolute Gasteiger partial charge is 0.266 e. The maximum atomic E-state index is 12.8. The van der Waals surface area contributed by atoms with Crippen molar-refractivity contribution in [2.75, 3.05) is 0 Å². The summed E-state index contributed by atoms with van der Waals surface area (Å²) >= 11 is 0. The van der Waals surface area contributed by atoms with Gasteiger partial charge in [-0.2, -0.15) is 13.5 Å². The van der Waals surface area contributed by atoms with Crippen LogP contribution in [-0.2, 0) is 10.0 Å². The lowest BCUT2D eigenvalue weighted by Gasteiger charge is -2.10. The van der Waals surface area contributed by atoms with Crippen molar-refractivity contribution in [3.63, 3.8) is 0 Å². The fourth-order valence-electron chi connectivity index (χ4n) is 2.32. The average Bonchev–Trinajstić information content (AvgIpc) is 2.50. The minimum absolute atomic E-state index is 0.0948. The third kappa shape index (κ3) is 2.21. The van der Waals surface area contributed by atoms with Gasteiger partial charge in [0.05, 0.1) is 16.5 Å². The number of hydrogen-bond acceptors (Lipinski definition) is 4. The number of nitrogens with zero attached hydrogens (tertiary/aromatic N) is 2. The molecule has 6 heteroatoms. The van der Waals surface area contributed by atoms with Crippen LogP contribution in [-0.4, -0.2) is 17.6 Å². The Morgan fingerprint density at radius 2 is 1.77 bits per heavy atom. The van der Waals surface area contributed by atoms with E-state index >= 15 is 0 Å². The van der Waals surface area contributed by atoms with Crippen LogP contribution in [0.2, 0.25) is 0 Å². The third-order valence-corrected chi connectivity index (χ3v) is 5.23. The molecule has 5 nitrogen and oxygen atoms in total. The van der Waals surface area contributed by atoms with Crippen molar-refractivity contribution in [1.82, 2.24) is 9.19 Å². The van der Waals surface area contributed by atoms with Gasteiger partial charge in [-0.05, 0) is 37.1 Å². The molecule has 112 valence electrons. The molecular formula is C16H14N2O3S. The quantitative estimate of drug-likeness (QED) is 0.727. The molecule has 0 spiro atoms. The van der Waals surface area contributed by atoms with Crippen molar-refractivity contribution in [1.29, 1.82) is 0 Å². The highest BCUT2D eigenvalue weighted by Crippen LogP contribution is 2.19. The molecule has 22 heavy (non-hydrogen) atoms. The van der Waals surface area contributed by atoms with Crippen molar-refractivity contribution >= 4 is 20.8 Å². The Labute approximate surface area is 127 Å². The number of hydrogen-bond donors (Lipinski definition) is 0. The highest BCUT2D eigenvalue weighted by Gasteiger charge is 2.22. The van der Waals surface area contributed by atoms with Crippen molar-refractivity contribution in [3.8, 4) is 0 Å². The molecule has 0 saturated heterocycles. The fourth-order valence-corrected chi connectivity index (χ4v) is 3.81. The molecule has 1 aromatic heterocycles. The molecule has 0 aliphatic heterocycles. The Kier molecular flexibility index (Phi) is 3.33. The average molecular weight is 314 g/mol. The summed E-state index contributed by atoms with van der Waals surface area (Å²) in [6.45, 7) is 3.49. The normalized spacial score (nSPS) is 11.7. The van der Waals surface area contributed by atoms with Crippen molar-refractivity contribution < 1.29 is 8.42 Å². The van der Waals surface area contributed by atoms with Crippen LogP contribution in [0.3, 0.4) is 0 Å². The van der Waals surface area contributed by atoms with Gasteiger partial charge in [-0.25, -0.2) is 0 Å². The van der Waals surface area contributed by atoms with Crippen LogP contribution in [0.25, 0.3) is 10.8 Å². The number of fused-ring (bicyclic) bond motifs is 1. The standard InChI is InChI=1S/C16H14N2O3S/c1-11-7-8-12(2)15(9-11)22(20,21)18-16(19)14-6-4-3-5-13(14)10-17-18/h3-10H,1-2H3. The molecule has 0 fully saturated rings. The van der Waals surface area contributed by atoms with Gasteiger partial charge in [0, 0.05) is 5.39 Å². The van der Waals surface area contributed by atoms with Gasteiger partial charge < -0.3 is 0 Å². The predicted molar refractivity (Wildman–Crippen MR) is 84.5 cm³/mol. The summed E-state index contributed by atoms with van der Waals surface area (Å²) in [6, 6.07) is 11.9. The van der Waals surface area contributed by atoms with Crippen LogP contribution in [0, 0.1) is 13.8 Å². The van der Waals surface area contributed by atoms with Gasteiger partial charge in [0.1, 0.15) is 0 Å². The number of benzene rings is 2. The summed E-state index contributed by atoms with van der Waals surface area (Å²) < 4.78 is 26.1. The SMILES string of the molecule is Cc1ccc(C)c(S(=O)(=O)n2ncc3ccccc3c2=O)c1. The van der Waals surface area contributed by atoms with E-state index in [0.29, 0.717) is 20.4 Å². The first kappa shape index (κ1) is 14.5. The summed E-state index contributed by atoms with van der Waals surface area (Å²) in [7, 11) is -4.02. The molecule has 1 heterocycles. The second-order valence-corrected chi connectivity index (χ2v) is 6.89. The van der Waals surface area contributed by atoms with E-state index in [2.05, 4.69) is 5.10 Å². The minimum Gasteiger partial charge on any atom is -0.266 e. The Balaban J connectivity index is 2.33. The van der Waals surface area contributed by atoms with E-state index in [1.807, 2.05) is 6.07 Å². The lowest BCUT2D eigenvalue weighted by atomic mass is 10.2. The summed E-state index contributed by atoms with van der Waals surface area (Å²) in [5.41, 5.74) is 0.740. The first-order valence-electron chi connectivity index (χ1n) is 6.71. The highest BCUT2D eigenvalue weighted by atomic mass is 32.2. The maximum absolute atomic E-state index is 12.8. The molecule has 0 saturated carbocycles. The van der Waals surface area contributed by atoms with Gasteiger partial charge in [0.2, 0.25) is 0 Å². The second kappa shape index (κ2) is 5.06. The Morgan fingerprint density at radius 1 is 1.05 bits per heavy atom. The molecule has 3 rings (SSSR count). The van der Waals surface area contributed by atoms with Crippen LogP contribution in [0.1, 0.15) is 11.1 Å². The lowest BCUT2D eigenvalue weighted by Crippen LogP contribution is -2.30. The largest absolute Gasteiger partial charge is 0.289 e. The van der Waals surface area contributed by atoms with Gasteiger partial charge in [-0.15, -0.1) is 4.09 Å². The highest BCUT2D eigenvalue weighted by molar-refractivity contribution is 7.89. The molecule has 0 unspecified atom stereocenters. The van der Waals surface area contributed by atoms with Crippen LogP contribution in [0.15, 0.2) is 58.4 Å². The van der Waals surface area contributed by atoms with E-state index in [-0.39, 0.29) is 4.90 Å².